The predicted molar refractivity (Wildman–Crippen MR) is 86.7 cm³/mol. The van der Waals surface area contributed by atoms with Crippen molar-refractivity contribution in [1.29, 1.82) is 0 Å². The molecule has 0 bridgehead atoms. The number of nitrogens with one attached hydrogen (secondary N) is 2. The second-order valence-electron chi connectivity index (χ2n) is 3.95. The van der Waals surface area contributed by atoms with Crippen LogP contribution in [0.4, 0.5) is 10.7 Å². The Morgan fingerprint density at radius 3 is 2.60 bits per heavy atom. The largest absolute Gasteiger partial charge is 0.396 e. The van der Waals surface area contributed by atoms with Crippen molar-refractivity contribution in [3.63, 3.8) is 0 Å². The number of thioether (sulfide) groups is 1. The Morgan fingerprint density at radius 2 is 2.10 bits per heavy atom. The maximum absolute atomic E-state index is 11.7. The van der Waals surface area contributed by atoms with Crippen molar-refractivity contribution in [2.24, 2.45) is 0 Å². The highest BCUT2D eigenvalue weighted by atomic mass is 32.2. The average Bonchev–Trinajstić information content (AvgIpc) is 2.74. The van der Waals surface area contributed by atoms with Crippen molar-refractivity contribution < 1.29 is 13.2 Å². The number of hydrogen-bond donors (Lipinski definition) is 3. The third-order valence-corrected chi connectivity index (χ3v) is 6.50. The summed E-state index contributed by atoms with van der Waals surface area (Å²) in [6.07, 6.45) is 1.86. The Balaban J connectivity index is 2.88. The van der Waals surface area contributed by atoms with E-state index in [0.29, 0.717) is 17.1 Å². The first-order valence-electron chi connectivity index (χ1n) is 5.98. The van der Waals surface area contributed by atoms with Crippen LogP contribution >= 0.6 is 23.1 Å². The molecule has 1 rings (SSSR count). The van der Waals surface area contributed by atoms with Crippen molar-refractivity contribution >= 4 is 49.5 Å². The molecule has 0 saturated heterocycles. The van der Waals surface area contributed by atoms with Gasteiger partial charge >= 0.3 is 0 Å². The molecule has 114 valence electrons. The molecule has 0 aliphatic heterocycles. The van der Waals surface area contributed by atoms with E-state index in [4.69, 9.17) is 5.73 Å². The van der Waals surface area contributed by atoms with Crippen LogP contribution in [-0.2, 0) is 9.84 Å². The van der Waals surface area contributed by atoms with Crippen molar-refractivity contribution in [2.75, 3.05) is 42.4 Å². The lowest BCUT2D eigenvalue weighted by Gasteiger charge is -2.06. The molecule has 0 atom stereocenters. The molecule has 0 saturated carbocycles. The molecule has 0 unspecified atom stereocenters. The Bertz CT molecular complexity index is 581. The van der Waals surface area contributed by atoms with E-state index in [9.17, 15) is 13.2 Å². The van der Waals surface area contributed by atoms with Gasteiger partial charge in [-0.1, -0.05) is 6.92 Å². The second kappa shape index (κ2) is 7.19. The molecular weight excluding hydrogens is 318 g/mol. The lowest BCUT2D eigenvalue weighted by Crippen LogP contribution is -2.17. The molecule has 4 N–H and O–H groups in total. The number of carbonyl (C=O) groups excluding carboxylic acids is 1. The van der Waals surface area contributed by atoms with Gasteiger partial charge in [0, 0.05) is 19.3 Å². The Morgan fingerprint density at radius 1 is 1.45 bits per heavy atom. The molecule has 9 heteroatoms. The van der Waals surface area contributed by atoms with E-state index in [2.05, 4.69) is 10.6 Å². The van der Waals surface area contributed by atoms with Gasteiger partial charge in [0.2, 0.25) is 0 Å². The summed E-state index contributed by atoms with van der Waals surface area (Å²) in [5.74, 6) is -0.0538. The van der Waals surface area contributed by atoms with Crippen LogP contribution in [0.3, 0.4) is 0 Å². The molecule has 0 aromatic carbocycles. The molecule has 0 fully saturated rings. The molecule has 0 aliphatic carbocycles. The smallest absolute Gasteiger partial charge is 0.263 e. The van der Waals surface area contributed by atoms with Crippen LogP contribution in [0.5, 0.6) is 0 Å². The molecule has 1 aromatic heterocycles. The van der Waals surface area contributed by atoms with E-state index in [1.165, 1.54) is 23.1 Å². The fraction of sp³-hybridized carbons (Fsp3) is 0.545. The number of nitrogen functional groups attached to an aromatic ring is 1. The molecule has 1 amide bonds. The van der Waals surface area contributed by atoms with Crippen molar-refractivity contribution in [1.82, 2.24) is 5.32 Å². The fourth-order valence-electron chi connectivity index (χ4n) is 1.49. The lowest BCUT2D eigenvalue weighted by atomic mass is 10.3. The van der Waals surface area contributed by atoms with E-state index >= 15 is 0 Å². The van der Waals surface area contributed by atoms with Crippen molar-refractivity contribution in [2.45, 2.75) is 11.8 Å². The first-order chi connectivity index (χ1) is 9.36. The number of sulfone groups is 1. The van der Waals surface area contributed by atoms with Gasteiger partial charge in [0.25, 0.3) is 5.91 Å². The molecule has 0 radical (unpaired) electrons. The summed E-state index contributed by atoms with van der Waals surface area (Å²) in [6, 6.07) is 0. The SMILES string of the molecule is CCS(=O)(=O)CCNc1sc(C(=O)NC)c(N)c1SC. The maximum Gasteiger partial charge on any atom is 0.263 e. The summed E-state index contributed by atoms with van der Waals surface area (Å²) in [4.78, 5) is 12.9. The first-order valence-corrected chi connectivity index (χ1v) is 9.85. The van der Waals surface area contributed by atoms with Gasteiger partial charge in [0.05, 0.1) is 16.3 Å². The number of amides is 1. The topological polar surface area (TPSA) is 101 Å². The maximum atomic E-state index is 11.7. The van der Waals surface area contributed by atoms with Gasteiger partial charge < -0.3 is 16.4 Å². The highest BCUT2D eigenvalue weighted by molar-refractivity contribution is 7.99. The van der Waals surface area contributed by atoms with Gasteiger partial charge in [-0.05, 0) is 6.26 Å². The minimum Gasteiger partial charge on any atom is -0.396 e. The van der Waals surface area contributed by atoms with Gasteiger partial charge in [-0.2, -0.15) is 0 Å². The minimum atomic E-state index is -3.01. The van der Waals surface area contributed by atoms with E-state index in [-0.39, 0.29) is 17.4 Å². The highest BCUT2D eigenvalue weighted by Crippen LogP contribution is 2.41. The second-order valence-corrected chi connectivity index (χ2v) is 8.26. The zero-order chi connectivity index (χ0) is 15.3. The number of anilines is 2. The predicted octanol–water partition coefficient (Wildman–Crippen LogP) is 1.26. The number of nitrogens with two attached hydrogens (primary N) is 1. The quantitative estimate of drug-likeness (QED) is 0.648. The minimum absolute atomic E-state index is 0.0600. The summed E-state index contributed by atoms with van der Waals surface area (Å²) in [7, 11) is -1.47. The van der Waals surface area contributed by atoms with Crippen LogP contribution < -0.4 is 16.4 Å². The Kier molecular flexibility index (Phi) is 6.15. The van der Waals surface area contributed by atoms with Gasteiger partial charge in [-0.15, -0.1) is 23.1 Å². The van der Waals surface area contributed by atoms with Crippen LogP contribution in [0.15, 0.2) is 4.90 Å². The fourth-order valence-corrected chi connectivity index (χ4v) is 4.20. The highest BCUT2D eigenvalue weighted by Gasteiger charge is 2.20. The third-order valence-electron chi connectivity index (χ3n) is 2.68. The molecule has 1 heterocycles. The van der Waals surface area contributed by atoms with E-state index < -0.39 is 9.84 Å². The monoisotopic (exact) mass is 337 g/mol. The first kappa shape index (κ1) is 17.1. The van der Waals surface area contributed by atoms with Crippen LogP contribution in [0.25, 0.3) is 0 Å². The summed E-state index contributed by atoms with van der Waals surface area (Å²) >= 11 is 2.67. The average molecular weight is 337 g/mol. The van der Waals surface area contributed by atoms with Gasteiger partial charge in [-0.25, -0.2) is 8.42 Å². The Hall–Kier alpha value is -0.930. The zero-order valence-corrected chi connectivity index (χ0v) is 14.1. The number of thiophene rings is 1. The number of rotatable bonds is 7. The lowest BCUT2D eigenvalue weighted by molar-refractivity contribution is 0.0968. The van der Waals surface area contributed by atoms with E-state index in [1.807, 2.05) is 6.26 Å². The summed E-state index contributed by atoms with van der Waals surface area (Å²) in [6.45, 7) is 1.92. The molecule has 0 spiro atoms. The van der Waals surface area contributed by atoms with Gasteiger partial charge in [0.15, 0.2) is 9.84 Å². The van der Waals surface area contributed by atoms with E-state index in [1.54, 1.807) is 14.0 Å². The van der Waals surface area contributed by atoms with E-state index in [0.717, 1.165) is 9.90 Å². The summed E-state index contributed by atoms with van der Waals surface area (Å²) < 4.78 is 22.9. The molecular formula is C11H19N3O3S3. The molecule has 6 nitrogen and oxygen atoms in total. The summed E-state index contributed by atoms with van der Waals surface area (Å²) in [5.41, 5.74) is 6.38. The third kappa shape index (κ3) is 4.03. The standard InChI is InChI=1S/C11H19N3O3S3/c1-4-20(16,17)6-5-14-11-9(18-3)7(12)8(19-11)10(15)13-2/h14H,4-6,12H2,1-3H3,(H,13,15). The van der Waals surface area contributed by atoms with Gasteiger partial charge in [-0.3, -0.25) is 4.79 Å². The normalized spacial score (nSPS) is 11.3. The molecule has 20 heavy (non-hydrogen) atoms. The van der Waals surface area contributed by atoms with Crippen LogP contribution in [-0.4, -0.2) is 45.7 Å². The Labute approximate surface area is 127 Å². The van der Waals surface area contributed by atoms with Crippen LogP contribution in [0.2, 0.25) is 0 Å². The summed E-state index contributed by atoms with van der Waals surface area (Å²) in [5, 5.41) is 6.32. The molecule has 0 aliphatic rings. The number of carbonyl (C=O) groups is 1. The van der Waals surface area contributed by atoms with Crippen molar-refractivity contribution in [3.8, 4) is 0 Å². The zero-order valence-electron chi connectivity index (χ0n) is 11.6. The van der Waals surface area contributed by atoms with Gasteiger partial charge in [0.1, 0.15) is 9.88 Å². The van der Waals surface area contributed by atoms with Crippen LogP contribution in [0.1, 0.15) is 16.6 Å². The molecule has 1 aromatic rings. The number of hydrogen-bond acceptors (Lipinski definition) is 7. The van der Waals surface area contributed by atoms with Crippen LogP contribution in [0, 0.1) is 0 Å². The van der Waals surface area contributed by atoms with Crippen molar-refractivity contribution in [3.05, 3.63) is 4.88 Å².